The van der Waals surface area contributed by atoms with Gasteiger partial charge in [0.25, 0.3) is 0 Å². The summed E-state index contributed by atoms with van der Waals surface area (Å²) in [7, 11) is 1.93. The largest absolute Gasteiger partial charge is 0.340 e. The third kappa shape index (κ3) is 3.81. The second kappa shape index (κ2) is 6.82. The van der Waals surface area contributed by atoms with Gasteiger partial charge in [-0.25, -0.2) is 9.97 Å². The van der Waals surface area contributed by atoms with Crippen LogP contribution < -0.4 is 10.6 Å². The van der Waals surface area contributed by atoms with E-state index in [1.54, 1.807) is 12.4 Å². The number of nitrogens with two attached hydrogens (primary N) is 1. The van der Waals surface area contributed by atoms with Crippen LogP contribution in [0.1, 0.15) is 13.3 Å². The summed E-state index contributed by atoms with van der Waals surface area (Å²) >= 11 is 5.70. The van der Waals surface area contributed by atoms with Crippen LogP contribution in [-0.4, -0.2) is 29.6 Å². The molecule has 0 aromatic carbocycles. The van der Waals surface area contributed by atoms with Crippen molar-refractivity contribution < 1.29 is 0 Å². The predicted molar refractivity (Wildman–Crippen MR) is 65.8 cm³/mol. The molecule has 15 heavy (non-hydrogen) atoms. The van der Waals surface area contributed by atoms with Crippen molar-refractivity contribution in [3.8, 4) is 0 Å². The van der Waals surface area contributed by atoms with Gasteiger partial charge in [0.2, 0.25) is 5.95 Å². The van der Waals surface area contributed by atoms with Crippen LogP contribution in [0.15, 0.2) is 12.4 Å². The second-order valence-electron chi connectivity index (χ2n) is 3.11. The minimum absolute atomic E-state index is 0. The second-order valence-corrected chi connectivity index (χ2v) is 3.55. The van der Waals surface area contributed by atoms with E-state index < -0.39 is 0 Å². The average Bonchev–Trinajstić information content (AvgIpc) is 2.20. The molecule has 1 unspecified atom stereocenters. The number of nitrogens with zero attached hydrogens (tertiary/aromatic N) is 3. The number of aromatic nitrogens is 2. The Labute approximate surface area is 101 Å². The van der Waals surface area contributed by atoms with E-state index in [1.807, 2.05) is 11.9 Å². The summed E-state index contributed by atoms with van der Waals surface area (Å²) in [5, 5.41) is 0.544. The first-order valence-electron chi connectivity index (χ1n) is 4.59. The Balaban J connectivity index is 0.00000196. The molecule has 0 aliphatic heterocycles. The molecule has 0 fully saturated rings. The van der Waals surface area contributed by atoms with Gasteiger partial charge in [-0.15, -0.1) is 12.4 Å². The summed E-state index contributed by atoms with van der Waals surface area (Å²) in [5.41, 5.74) is 5.63. The Kier molecular flexibility index (Phi) is 6.56. The summed E-state index contributed by atoms with van der Waals surface area (Å²) in [6.45, 7) is 2.68. The van der Waals surface area contributed by atoms with Gasteiger partial charge in [-0.05, 0) is 6.42 Å². The first-order valence-corrected chi connectivity index (χ1v) is 4.97. The zero-order valence-electron chi connectivity index (χ0n) is 8.85. The summed E-state index contributed by atoms with van der Waals surface area (Å²) in [5.74, 6) is 0.659. The number of anilines is 1. The van der Waals surface area contributed by atoms with Crippen molar-refractivity contribution in [1.82, 2.24) is 9.97 Å². The Morgan fingerprint density at radius 3 is 2.40 bits per heavy atom. The molecule has 1 heterocycles. The molecule has 1 aromatic rings. The molecular formula is C9H16Cl2N4. The first kappa shape index (κ1) is 14.4. The maximum absolute atomic E-state index is 5.70. The standard InChI is InChI=1S/C9H15ClN4.ClH/c1-3-8(4-11)14(2)9-12-5-7(10)6-13-9;/h5-6,8H,3-4,11H2,1-2H3;1H. The number of hydrogen-bond donors (Lipinski definition) is 1. The van der Waals surface area contributed by atoms with Gasteiger partial charge < -0.3 is 10.6 Å². The molecule has 0 radical (unpaired) electrons. The quantitative estimate of drug-likeness (QED) is 0.885. The van der Waals surface area contributed by atoms with Gasteiger partial charge in [0, 0.05) is 19.6 Å². The van der Waals surface area contributed by atoms with Crippen molar-refractivity contribution in [2.24, 2.45) is 5.73 Å². The highest BCUT2D eigenvalue weighted by molar-refractivity contribution is 6.30. The molecule has 6 heteroatoms. The highest BCUT2D eigenvalue weighted by Crippen LogP contribution is 2.12. The molecule has 0 aliphatic rings. The number of likely N-dealkylation sites (N-methyl/N-ethyl adjacent to an activating group) is 1. The van der Waals surface area contributed by atoms with Gasteiger partial charge in [0.1, 0.15) is 0 Å². The van der Waals surface area contributed by atoms with Crippen molar-refractivity contribution in [3.05, 3.63) is 17.4 Å². The van der Waals surface area contributed by atoms with Gasteiger partial charge in [0.15, 0.2) is 0 Å². The zero-order chi connectivity index (χ0) is 10.6. The third-order valence-electron chi connectivity index (χ3n) is 2.21. The minimum Gasteiger partial charge on any atom is -0.340 e. The van der Waals surface area contributed by atoms with E-state index >= 15 is 0 Å². The van der Waals surface area contributed by atoms with Crippen LogP contribution in [0.2, 0.25) is 5.02 Å². The minimum atomic E-state index is 0. The van der Waals surface area contributed by atoms with Gasteiger partial charge in [0.05, 0.1) is 17.4 Å². The van der Waals surface area contributed by atoms with Gasteiger partial charge in [-0.3, -0.25) is 0 Å². The zero-order valence-corrected chi connectivity index (χ0v) is 10.4. The van der Waals surface area contributed by atoms with E-state index in [0.717, 1.165) is 6.42 Å². The van der Waals surface area contributed by atoms with Crippen LogP contribution in [-0.2, 0) is 0 Å². The molecular weight excluding hydrogens is 235 g/mol. The lowest BCUT2D eigenvalue weighted by atomic mass is 10.2. The Morgan fingerprint density at radius 1 is 1.47 bits per heavy atom. The van der Waals surface area contributed by atoms with Gasteiger partial charge in [-0.2, -0.15) is 0 Å². The van der Waals surface area contributed by atoms with Crippen molar-refractivity contribution in [2.75, 3.05) is 18.5 Å². The van der Waals surface area contributed by atoms with Crippen LogP contribution in [0, 0.1) is 0 Å². The van der Waals surface area contributed by atoms with E-state index in [4.69, 9.17) is 17.3 Å². The Hall–Kier alpha value is -0.580. The topological polar surface area (TPSA) is 55.0 Å². The maximum Gasteiger partial charge on any atom is 0.225 e. The molecule has 0 bridgehead atoms. The fourth-order valence-corrected chi connectivity index (χ4v) is 1.35. The van der Waals surface area contributed by atoms with Crippen LogP contribution in [0.5, 0.6) is 0 Å². The van der Waals surface area contributed by atoms with E-state index in [0.29, 0.717) is 17.5 Å². The van der Waals surface area contributed by atoms with Gasteiger partial charge >= 0.3 is 0 Å². The van der Waals surface area contributed by atoms with Crippen LogP contribution in [0.25, 0.3) is 0 Å². The van der Waals surface area contributed by atoms with Crippen LogP contribution >= 0.6 is 24.0 Å². The lowest BCUT2D eigenvalue weighted by Gasteiger charge is -2.25. The number of halogens is 2. The van der Waals surface area contributed by atoms with Crippen molar-refractivity contribution in [1.29, 1.82) is 0 Å². The lowest BCUT2D eigenvalue weighted by Crippen LogP contribution is -2.38. The third-order valence-corrected chi connectivity index (χ3v) is 2.41. The average molecular weight is 251 g/mol. The summed E-state index contributed by atoms with van der Waals surface area (Å²) in [6.07, 6.45) is 4.15. The summed E-state index contributed by atoms with van der Waals surface area (Å²) in [4.78, 5) is 10.2. The normalized spacial score (nSPS) is 11.7. The summed E-state index contributed by atoms with van der Waals surface area (Å²) in [6, 6.07) is 0.274. The first-order chi connectivity index (χ1) is 6.69. The van der Waals surface area contributed by atoms with E-state index in [-0.39, 0.29) is 18.4 Å². The SMILES string of the molecule is CCC(CN)N(C)c1ncc(Cl)cn1.Cl. The molecule has 0 spiro atoms. The number of hydrogen-bond acceptors (Lipinski definition) is 4. The number of rotatable bonds is 4. The molecule has 1 rings (SSSR count). The smallest absolute Gasteiger partial charge is 0.225 e. The van der Waals surface area contributed by atoms with E-state index in [9.17, 15) is 0 Å². The van der Waals surface area contributed by atoms with Crippen molar-refractivity contribution >= 4 is 30.0 Å². The molecule has 2 N–H and O–H groups in total. The predicted octanol–water partition coefficient (Wildman–Crippen LogP) is 1.73. The Bertz CT molecular complexity index is 274. The van der Waals surface area contributed by atoms with Crippen molar-refractivity contribution in [2.45, 2.75) is 19.4 Å². The molecule has 0 aliphatic carbocycles. The fraction of sp³-hybridized carbons (Fsp3) is 0.556. The monoisotopic (exact) mass is 250 g/mol. The fourth-order valence-electron chi connectivity index (χ4n) is 1.25. The molecule has 1 aromatic heterocycles. The Morgan fingerprint density at radius 2 is 2.00 bits per heavy atom. The highest BCUT2D eigenvalue weighted by atomic mass is 35.5. The maximum atomic E-state index is 5.70. The summed E-state index contributed by atoms with van der Waals surface area (Å²) < 4.78 is 0. The molecule has 1 atom stereocenters. The van der Waals surface area contributed by atoms with Gasteiger partial charge in [-0.1, -0.05) is 18.5 Å². The highest BCUT2D eigenvalue weighted by Gasteiger charge is 2.13. The molecule has 0 saturated carbocycles. The lowest BCUT2D eigenvalue weighted by molar-refractivity contribution is 0.607. The van der Waals surface area contributed by atoms with E-state index in [2.05, 4.69) is 16.9 Å². The van der Waals surface area contributed by atoms with Crippen LogP contribution in [0.4, 0.5) is 5.95 Å². The van der Waals surface area contributed by atoms with E-state index in [1.165, 1.54) is 0 Å². The molecule has 86 valence electrons. The molecule has 0 amide bonds. The van der Waals surface area contributed by atoms with Crippen LogP contribution in [0.3, 0.4) is 0 Å². The van der Waals surface area contributed by atoms with Crippen molar-refractivity contribution in [3.63, 3.8) is 0 Å². The molecule has 0 saturated heterocycles. The molecule has 4 nitrogen and oxygen atoms in total.